The molecule has 1 atom stereocenters. The summed E-state index contributed by atoms with van der Waals surface area (Å²) < 4.78 is 34.0. The lowest BCUT2D eigenvalue weighted by molar-refractivity contribution is 0.215. The maximum Gasteiger partial charge on any atom is 0.214 e. The molecule has 1 unspecified atom stereocenters. The Bertz CT molecular complexity index is 796. The fraction of sp³-hybridized carbons (Fsp3) is 0.588. The predicted molar refractivity (Wildman–Crippen MR) is 93.1 cm³/mol. The highest BCUT2D eigenvalue weighted by Gasteiger charge is 2.35. The number of sulfonamides is 1. The van der Waals surface area contributed by atoms with Gasteiger partial charge in [0.15, 0.2) is 0 Å². The van der Waals surface area contributed by atoms with Crippen molar-refractivity contribution in [3.63, 3.8) is 0 Å². The van der Waals surface area contributed by atoms with Crippen molar-refractivity contribution in [1.29, 1.82) is 0 Å². The SMILES string of the molecule is O=S(=O)(NCCC1CN(Cc2ccoc2)Cc2ccnn2C1)C1CC1. The molecule has 2 aromatic rings. The lowest BCUT2D eigenvalue weighted by Crippen LogP contribution is -2.32. The van der Waals surface area contributed by atoms with E-state index in [1.54, 1.807) is 12.5 Å². The van der Waals surface area contributed by atoms with Crippen molar-refractivity contribution < 1.29 is 12.8 Å². The summed E-state index contributed by atoms with van der Waals surface area (Å²) in [5, 5.41) is 4.27. The molecule has 7 nitrogen and oxygen atoms in total. The van der Waals surface area contributed by atoms with E-state index in [4.69, 9.17) is 4.42 Å². The molecule has 1 fully saturated rings. The third kappa shape index (κ3) is 4.13. The van der Waals surface area contributed by atoms with Crippen LogP contribution in [0.4, 0.5) is 0 Å². The van der Waals surface area contributed by atoms with Crippen LogP contribution in [0.25, 0.3) is 0 Å². The largest absolute Gasteiger partial charge is 0.472 e. The van der Waals surface area contributed by atoms with Gasteiger partial charge in [0.1, 0.15) is 0 Å². The van der Waals surface area contributed by atoms with E-state index in [9.17, 15) is 8.42 Å². The van der Waals surface area contributed by atoms with E-state index in [0.29, 0.717) is 12.5 Å². The third-order valence-corrected chi connectivity index (χ3v) is 6.90. The third-order valence-electron chi connectivity index (χ3n) is 4.94. The molecule has 8 heteroatoms. The van der Waals surface area contributed by atoms with Gasteiger partial charge < -0.3 is 4.42 Å². The van der Waals surface area contributed by atoms with Gasteiger partial charge in [0.05, 0.1) is 23.5 Å². The Morgan fingerprint density at radius 3 is 2.92 bits per heavy atom. The fourth-order valence-corrected chi connectivity index (χ4v) is 4.86. The van der Waals surface area contributed by atoms with Crippen LogP contribution in [0.15, 0.2) is 35.3 Å². The molecular formula is C17H24N4O3S. The Morgan fingerprint density at radius 2 is 2.16 bits per heavy atom. The Kier molecular flexibility index (Phi) is 4.66. The second kappa shape index (κ2) is 6.93. The molecular weight excluding hydrogens is 340 g/mol. The van der Waals surface area contributed by atoms with Crippen LogP contribution >= 0.6 is 0 Å². The maximum atomic E-state index is 12.0. The second-order valence-corrected chi connectivity index (χ2v) is 9.14. The zero-order valence-corrected chi connectivity index (χ0v) is 15.0. The van der Waals surface area contributed by atoms with Crippen molar-refractivity contribution in [2.45, 2.75) is 44.1 Å². The van der Waals surface area contributed by atoms with E-state index in [2.05, 4.69) is 25.5 Å². The lowest BCUT2D eigenvalue weighted by atomic mass is 10.1. The number of aromatic nitrogens is 2. The van der Waals surface area contributed by atoms with Crippen molar-refractivity contribution in [1.82, 2.24) is 19.4 Å². The molecule has 0 aromatic carbocycles. The second-order valence-electron chi connectivity index (χ2n) is 7.10. The summed E-state index contributed by atoms with van der Waals surface area (Å²) in [7, 11) is -3.10. The Morgan fingerprint density at radius 1 is 1.28 bits per heavy atom. The summed E-state index contributed by atoms with van der Waals surface area (Å²) in [6.45, 7) is 3.91. The van der Waals surface area contributed by atoms with Crippen molar-refractivity contribution in [2.75, 3.05) is 13.1 Å². The van der Waals surface area contributed by atoms with Gasteiger partial charge in [0.2, 0.25) is 10.0 Å². The number of hydrogen-bond acceptors (Lipinski definition) is 5. The van der Waals surface area contributed by atoms with Gasteiger partial charge in [-0.2, -0.15) is 5.10 Å². The van der Waals surface area contributed by atoms with Crippen molar-refractivity contribution in [2.24, 2.45) is 5.92 Å². The van der Waals surface area contributed by atoms with Crippen LogP contribution in [0.5, 0.6) is 0 Å². The van der Waals surface area contributed by atoms with Crippen molar-refractivity contribution in [3.05, 3.63) is 42.1 Å². The first-order chi connectivity index (χ1) is 12.1. The maximum absolute atomic E-state index is 12.0. The zero-order valence-electron chi connectivity index (χ0n) is 14.2. The quantitative estimate of drug-likeness (QED) is 0.807. The molecule has 0 radical (unpaired) electrons. The van der Waals surface area contributed by atoms with Crippen LogP contribution in [0, 0.1) is 5.92 Å². The first kappa shape index (κ1) is 16.8. The van der Waals surface area contributed by atoms with E-state index >= 15 is 0 Å². The zero-order chi connectivity index (χ0) is 17.3. The molecule has 1 saturated carbocycles. The monoisotopic (exact) mass is 364 g/mol. The molecule has 3 heterocycles. The lowest BCUT2D eigenvalue weighted by Gasteiger charge is -2.23. The molecule has 0 spiro atoms. The van der Waals surface area contributed by atoms with Crippen molar-refractivity contribution in [3.8, 4) is 0 Å². The number of hydrogen-bond donors (Lipinski definition) is 1. The Labute approximate surface area is 148 Å². The van der Waals surface area contributed by atoms with Gasteiger partial charge in [-0.15, -0.1) is 0 Å². The van der Waals surface area contributed by atoms with E-state index in [1.807, 2.05) is 12.3 Å². The summed E-state index contributed by atoms with van der Waals surface area (Å²) in [6, 6.07) is 4.04. The molecule has 136 valence electrons. The van der Waals surface area contributed by atoms with E-state index in [1.165, 1.54) is 5.69 Å². The molecule has 1 aliphatic heterocycles. The standard InChI is InChI=1S/C17H24N4O3S/c22-25(23,17-1-2-17)19-7-3-14-9-20(10-15-5-8-24-13-15)12-16-4-6-18-21(16)11-14/h4-6,8,13-14,17,19H,1-3,7,9-12H2. The molecule has 2 aliphatic rings. The van der Waals surface area contributed by atoms with E-state index in [0.717, 1.165) is 51.0 Å². The minimum Gasteiger partial charge on any atom is -0.472 e. The van der Waals surface area contributed by atoms with Gasteiger partial charge >= 0.3 is 0 Å². The van der Waals surface area contributed by atoms with Gasteiger partial charge in [0.25, 0.3) is 0 Å². The molecule has 1 N–H and O–H groups in total. The van der Waals surface area contributed by atoms with Crippen LogP contribution < -0.4 is 4.72 Å². The first-order valence-corrected chi connectivity index (χ1v) is 10.4. The van der Waals surface area contributed by atoms with Crippen LogP contribution in [0.2, 0.25) is 0 Å². The van der Waals surface area contributed by atoms with Gasteiger partial charge in [-0.25, -0.2) is 13.1 Å². The average molecular weight is 364 g/mol. The molecule has 2 aromatic heterocycles. The molecule has 25 heavy (non-hydrogen) atoms. The van der Waals surface area contributed by atoms with Crippen LogP contribution in [0.3, 0.4) is 0 Å². The highest BCUT2D eigenvalue weighted by molar-refractivity contribution is 7.90. The predicted octanol–water partition coefficient (Wildman–Crippen LogP) is 1.58. The fourth-order valence-electron chi connectivity index (χ4n) is 3.47. The Hall–Kier alpha value is -1.64. The van der Waals surface area contributed by atoms with Gasteiger partial charge in [-0.3, -0.25) is 9.58 Å². The number of fused-ring (bicyclic) bond motifs is 1. The summed E-state index contributed by atoms with van der Waals surface area (Å²) in [5.41, 5.74) is 2.35. The minimum atomic E-state index is -3.10. The molecule has 0 saturated heterocycles. The van der Waals surface area contributed by atoms with Gasteiger partial charge in [0, 0.05) is 44.5 Å². The average Bonchev–Trinajstić information content (AvgIpc) is 3.22. The smallest absolute Gasteiger partial charge is 0.214 e. The summed E-state index contributed by atoms with van der Waals surface area (Å²) in [4.78, 5) is 2.38. The van der Waals surface area contributed by atoms with Crippen LogP contribution in [0.1, 0.15) is 30.5 Å². The summed E-state index contributed by atoms with van der Waals surface area (Å²) in [5.74, 6) is 0.356. The minimum absolute atomic E-state index is 0.156. The van der Waals surface area contributed by atoms with Gasteiger partial charge in [-0.1, -0.05) is 0 Å². The van der Waals surface area contributed by atoms with E-state index < -0.39 is 10.0 Å². The number of rotatable bonds is 7. The molecule has 1 aliphatic carbocycles. The summed E-state index contributed by atoms with van der Waals surface area (Å²) >= 11 is 0. The normalized spacial score (nSPS) is 21.8. The van der Waals surface area contributed by atoms with Gasteiger partial charge in [-0.05, 0) is 37.3 Å². The summed E-state index contributed by atoms with van der Waals surface area (Å²) in [6.07, 6.45) is 7.72. The number of nitrogens with zero attached hydrogens (tertiary/aromatic N) is 3. The Balaban J connectivity index is 1.39. The van der Waals surface area contributed by atoms with E-state index in [-0.39, 0.29) is 5.25 Å². The molecule has 0 bridgehead atoms. The van der Waals surface area contributed by atoms with Crippen LogP contribution in [-0.2, 0) is 29.7 Å². The topological polar surface area (TPSA) is 80.4 Å². The number of nitrogens with one attached hydrogen (secondary N) is 1. The highest BCUT2D eigenvalue weighted by Crippen LogP contribution is 2.27. The van der Waals surface area contributed by atoms with Crippen molar-refractivity contribution >= 4 is 10.0 Å². The molecule has 0 amide bonds. The first-order valence-electron chi connectivity index (χ1n) is 8.83. The number of furan rings is 1. The van der Waals surface area contributed by atoms with Crippen LogP contribution in [-0.4, -0.2) is 41.4 Å². The molecule has 4 rings (SSSR count). The highest BCUT2D eigenvalue weighted by atomic mass is 32.2.